The van der Waals surface area contributed by atoms with Crippen LogP contribution in [0.25, 0.3) is 0 Å². The first-order valence-corrected chi connectivity index (χ1v) is 5.04. The maximum Gasteiger partial charge on any atom is -0.0246 e. The fraction of sp³-hybridized carbons (Fsp3) is 0.909. The van der Waals surface area contributed by atoms with Crippen molar-refractivity contribution in [1.82, 2.24) is 0 Å². The van der Waals surface area contributed by atoms with Crippen LogP contribution in [0.2, 0.25) is 0 Å². The summed E-state index contributed by atoms with van der Waals surface area (Å²) in [4.78, 5) is 0. The van der Waals surface area contributed by atoms with Crippen LogP contribution < -0.4 is 0 Å². The van der Waals surface area contributed by atoms with Crippen molar-refractivity contribution in [3.05, 3.63) is 5.92 Å². The molecule has 0 nitrogen and oxygen atoms in total. The lowest BCUT2D eigenvalue weighted by atomic mass is 9.94. The summed E-state index contributed by atoms with van der Waals surface area (Å²) in [5.74, 6) is 2.62. The topological polar surface area (TPSA) is 0 Å². The lowest BCUT2D eigenvalue weighted by Crippen LogP contribution is -1.95. The molecule has 0 aliphatic carbocycles. The van der Waals surface area contributed by atoms with Crippen LogP contribution in [0, 0.1) is 11.8 Å². The highest BCUT2D eigenvalue weighted by Crippen LogP contribution is 2.19. The van der Waals surface area contributed by atoms with E-state index in [1.807, 2.05) is 0 Å². The zero-order valence-corrected chi connectivity index (χ0v) is 8.61. The minimum absolute atomic E-state index is 0.880. The van der Waals surface area contributed by atoms with Gasteiger partial charge in [0.1, 0.15) is 0 Å². The van der Waals surface area contributed by atoms with Crippen LogP contribution in [-0.2, 0) is 0 Å². The zero-order valence-electron chi connectivity index (χ0n) is 8.61. The van der Waals surface area contributed by atoms with Gasteiger partial charge in [-0.3, -0.25) is 0 Å². The Labute approximate surface area is 72.4 Å². The van der Waals surface area contributed by atoms with Crippen molar-refractivity contribution in [3.63, 3.8) is 0 Å². The van der Waals surface area contributed by atoms with Gasteiger partial charge in [0.15, 0.2) is 0 Å². The van der Waals surface area contributed by atoms with Gasteiger partial charge in [-0.25, -0.2) is 0 Å². The second kappa shape index (κ2) is 6.69. The van der Waals surface area contributed by atoms with Crippen LogP contribution in [0.1, 0.15) is 59.8 Å². The number of rotatable bonds is 6. The predicted octanol–water partition coefficient (Wildman–Crippen LogP) is 4.21. The average Bonchev–Trinajstić information content (AvgIpc) is 1.98. The monoisotopic (exact) mass is 155 g/mol. The van der Waals surface area contributed by atoms with Crippen LogP contribution >= 0.6 is 0 Å². The summed E-state index contributed by atoms with van der Waals surface area (Å²) in [6, 6.07) is 0. The molecule has 0 aromatic heterocycles. The highest BCUT2D eigenvalue weighted by molar-refractivity contribution is 4.85. The maximum absolute atomic E-state index is 2.30. The molecule has 0 saturated heterocycles. The summed E-state index contributed by atoms with van der Waals surface area (Å²) in [7, 11) is 0. The molecular formula is C11H23. The molecule has 0 spiro atoms. The van der Waals surface area contributed by atoms with Gasteiger partial charge in [-0.05, 0) is 31.1 Å². The summed E-state index contributed by atoms with van der Waals surface area (Å²) in [5, 5.41) is 0. The summed E-state index contributed by atoms with van der Waals surface area (Å²) >= 11 is 0. The highest BCUT2D eigenvalue weighted by atomic mass is 14.1. The normalized spacial score (nSPS) is 11.5. The third kappa shape index (κ3) is 6.40. The Bertz CT molecular complexity index is 70.1. The molecule has 0 bridgehead atoms. The molecule has 0 saturated carbocycles. The van der Waals surface area contributed by atoms with E-state index in [2.05, 4.69) is 27.7 Å². The molecule has 0 heteroatoms. The molecule has 0 amide bonds. The predicted molar refractivity (Wildman–Crippen MR) is 52.5 cm³/mol. The van der Waals surface area contributed by atoms with E-state index < -0.39 is 0 Å². The summed E-state index contributed by atoms with van der Waals surface area (Å²) in [5.41, 5.74) is 0. The van der Waals surface area contributed by atoms with Gasteiger partial charge < -0.3 is 0 Å². The van der Waals surface area contributed by atoms with E-state index in [9.17, 15) is 0 Å². The van der Waals surface area contributed by atoms with Crippen LogP contribution in [-0.4, -0.2) is 0 Å². The molecule has 11 heavy (non-hydrogen) atoms. The summed E-state index contributed by atoms with van der Waals surface area (Å²) in [6.07, 6.45) is 6.73. The van der Waals surface area contributed by atoms with Crippen molar-refractivity contribution in [2.75, 3.05) is 0 Å². The summed E-state index contributed by atoms with van der Waals surface area (Å²) in [6.45, 7) is 9.15. The third-order valence-corrected chi connectivity index (χ3v) is 2.31. The van der Waals surface area contributed by atoms with Crippen molar-refractivity contribution >= 4 is 0 Å². The molecule has 0 rings (SSSR count). The minimum Gasteiger partial charge on any atom is -0.0648 e. The molecule has 0 aromatic rings. The van der Waals surface area contributed by atoms with E-state index >= 15 is 0 Å². The van der Waals surface area contributed by atoms with Crippen LogP contribution in [0.3, 0.4) is 0 Å². The van der Waals surface area contributed by atoms with Crippen molar-refractivity contribution < 1.29 is 0 Å². The Kier molecular flexibility index (Phi) is 6.69. The van der Waals surface area contributed by atoms with Gasteiger partial charge >= 0.3 is 0 Å². The first kappa shape index (κ1) is 11.0. The van der Waals surface area contributed by atoms with Crippen molar-refractivity contribution in [2.45, 2.75) is 59.8 Å². The van der Waals surface area contributed by atoms with E-state index in [0.717, 1.165) is 5.92 Å². The van der Waals surface area contributed by atoms with E-state index in [1.54, 1.807) is 5.92 Å². The van der Waals surface area contributed by atoms with E-state index in [-0.39, 0.29) is 0 Å². The summed E-state index contributed by atoms with van der Waals surface area (Å²) < 4.78 is 0. The second-order valence-electron chi connectivity index (χ2n) is 3.74. The SMILES string of the molecule is CC[C](CC)CCCC(C)C. The van der Waals surface area contributed by atoms with E-state index in [4.69, 9.17) is 0 Å². The van der Waals surface area contributed by atoms with Gasteiger partial charge in [-0.2, -0.15) is 0 Å². The van der Waals surface area contributed by atoms with Crippen LogP contribution in [0.4, 0.5) is 0 Å². The molecule has 0 N–H and O–H groups in total. The maximum atomic E-state index is 2.30. The fourth-order valence-corrected chi connectivity index (χ4v) is 1.36. The zero-order chi connectivity index (χ0) is 8.69. The largest absolute Gasteiger partial charge is 0.0648 e. The van der Waals surface area contributed by atoms with E-state index in [1.165, 1.54) is 32.1 Å². The third-order valence-electron chi connectivity index (χ3n) is 2.31. The Morgan fingerprint density at radius 1 is 1.09 bits per heavy atom. The van der Waals surface area contributed by atoms with Gasteiger partial charge in [-0.1, -0.05) is 40.5 Å². The molecule has 0 unspecified atom stereocenters. The van der Waals surface area contributed by atoms with Gasteiger partial charge in [0.25, 0.3) is 0 Å². The van der Waals surface area contributed by atoms with Gasteiger partial charge in [0.2, 0.25) is 0 Å². The fourth-order valence-electron chi connectivity index (χ4n) is 1.36. The van der Waals surface area contributed by atoms with Crippen molar-refractivity contribution in [3.8, 4) is 0 Å². The number of hydrogen-bond acceptors (Lipinski definition) is 0. The smallest absolute Gasteiger partial charge is 0.0246 e. The second-order valence-corrected chi connectivity index (χ2v) is 3.74. The minimum atomic E-state index is 0.880. The first-order chi connectivity index (χ1) is 5.20. The molecule has 0 aliphatic rings. The standard InChI is InChI=1S/C11H23/c1-5-11(6-2)9-7-8-10(3)4/h10H,5-9H2,1-4H3. The molecule has 0 atom stereocenters. The highest BCUT2D eigenvalue weighted by Gasteiger charge is 2.03. The Balaban J connectivity index is 3.21. The van der Waals surface area contributed by atoms with Gasteiger partial charge in [0.05, 0.1) is 0 Å². The lowest BCUT2D eigenvalue weighted by Gasteiger charge is -2.11. The molecular weight excluding hydrogens is 132 g/mol. The lowest BCUT2D eigenvalue weighted by molar-refractivity contribution is 0.528. The molecule has 1 radical (unpaired) electrons. The Morgan fingerprint density at radius 3 is 2.00 bits per heavy atom. The number of hydrogen-bond donors (Lipinski definition) is 0. The molecule has 0 aliphatic heterocycles. The molecule has 67 valence electrons. The van der Waals surface area contributed by atoms with Gasteiger partial charge in [-0.15, -0.1) is 0 Å². The van der Waals surface area contributed by atoms with E-state index in [0.29, 0.717) is 0 Å². The first-order valence-electron chi connectivity index (χ1n) is 5.04. The van der Waals surface area contributed by atoms with Crippen molar-refractivity contribution in [1.29, 1.82) is 0 Å². The van der Waals surface area contributed by atoms with Gasteiger partial charge in [0, 0.05) is 0 Å². The Morgan fingerprint density at radius 2 is 1.64 bits per heavy atom. The van der Waals surface area contributed by atoms with Crippen molar-refractivity contribution in [2.24, 2.45) is 5.92 Å². The quantitative estimate of drug-likeness (QED) is 0.539. The molecule has 0 heterocycles. The molecule has 0 fully saturated rings. The van der Waals surface area contributed by atoms with Crippen LogP contribution in [0.5, 0.6) is 0 Å². The average molecular weight is 155 g/mol. The van der Waals surface area contributed by atoms with Crippen LogP contribution in [0.15, 0.2) is 0 Å². The Hall–Kier alpha value is 0. The molecule has 0 aromatic carbocycles.